The Morgan fingerprint density at radius 2 is 1.64 bits per heavy atom. The van der Waals surface area contributed by atoms with Crippen molar-refractivity contribution in [3.05, 3.63) is 71.3 Å². The number of carbonyl (C=O) groups is 3. The van der Waals surface area contributed by atoms with E-state index in [1.807, 2.05) is 0 Å². The lowest BCUT2D eigenvalue weighted by molar-refractivity contribution is -0.147. The molecule has 8 heteroatoms. The van der Waals surface area contributed by atoms with Crippen molar-refractivity contribution < 1.29 is 33.0 Å². The topological polar surface area (TPSA) is 92.7 Å². The lowest BCUT2D eigenvalue weighted by Gasteiger charge is -2.27. The number of carboxylic acids is 1. The fourth-order valence-electron chi connectivity index (χ4n) is 2.78. The molecule has 2 aromatic rings. The molecule has 1 amide bonds. The smallest absolute Gasteiger partial charge is 0.335 e. The Hall–Kier alpha value is -3.29. The van der Waals surface area contributed by atoms with Crippen molar-refractivity contribution in [2.75, 3.05) is 6.61 Å². The van der Waals surface area contributed by atoms with E-state index in [1.165, 1.54) is 37.3 Å². The van der Waals surface area contributed by atoms with Crippen LogP contribution in [0.2, 0.25) is 0 Å². The highest BCUT2D eigenvalue weighted by Gasteiger charge is 2.40. The zero-order valence-corrected chi connectivity index (χ0v) is 15.0. The van der Waals surface area contributed by atoms with Crippen molar-refractivity contribution in [1.29, 1.82) is 0 Å². The summed E-state index contributed by atoms with van der Waals surface area (Å²) in [6, 6.07) is 11.1. The molecular weight excluding hydrogens is 372 g/mol. The van der Waals surface area contributed by atoms with Crippen LogP contribution >= 0.6 is 0 Å². The third-order valence-electron chi connectivity index (χ3n) is 4.04. The molecule has 2 atom stereocenters. The number of hydrogen-bond donors (Lipinski definition) is 2. The van der Waals surface area contributed by atoms with E-state index in [9.17, 15) is 28.3 Å². The predicted molar refractivity (Wildman–Crippen MR) is 96.5 cm³/mol. The maximum Gasteiger partial charge on any atom is 0.335 e. The quantitative estimate of drug-likeness (QED) is 0.675. The number of aromatic carboxylic acids is 1. The number of ether oxygens (including phenoxy) is 1. The molecule has 0 heterocycles. The number of alkyl halides is 2. The van der Waals surface area contributed by atoms with E-state index in [0.717, 1.165) is 6.07 Å². The van der Waals surface area contributed by atoms with Gasteiger partial charge in [0.05, 0.1) is 18.1 Å². The second kappa shape index (κ2) is 9.59. The Morgan fingerprint density at radius 3 is 2.21 bits per heavy atom. The standard InChI is InChI=1S/C20H19F2NO5/c1-2-28-20(27)16(23-18(24)12-8-4-3-5-9-12)15(17(21)22)13-10-6-7-11-14(13)19(25)26/h3-11,15-17H,2H2,1H3,(H,23,24)(H,25,26)/t15-,16-/m0/s1. The average Bonchev–Trinajstić information content (AvgIpc) is 2.68. The van der Waals surface area contributed by atoms with Crippen molar-refractivity contribution in [3.8, 4) is 0 Å². The average molecular weight is 391 g/mol. The van der Waals surface area contributed by atoms with E-state index < -0.39 is 36.2 Å². The summed E-state index contributed by atoms with van der Waals surface area (Å²) >= 11 is 0. The molecule has 0 fully saturated rings. The molecule has 0 unspecified atom stereocenters. The first-order valence-corrected chi connectivity index (χ1v) is 8.49. The molecule has 0 radical (unpaired) electrons. The Labute approximate surface area is 160 Å². The molecule has 0 saturated heterocycles. The molecule has 0 spiro atoms. The van der Waals surface area contributed by atoms with Gasteiger partial charge in [0.2, 0.25) is 6.43 Å². The van der Waals surface area contributed by atoms with E-state index in [1.54, 1.807) is 18.2 Å². The number of esters is 1. The van der Waals surface area contributed by atoms with Gasteiger partial charge >= 0.3 is 11.9 Å². The number of hydrogen-bond acceptors (Lipinski definition) is 4. The van der Waals surface area contributed by atoms with Crippen LogP contribution < -0.4 is 5.32 Å². The molecule has 2 N–H and O–H groups in total. The molecule has 0 aliphatic carbocycles. The van der Waals surface area contributed by atoms with Gasteiger partial charge in [-0.1, -0.05) is 36.4 Å². The van der Waals surface area contributed by atoms with Crippen molar-refractivity contribution in [2.45, 2.75) is 25.3 Å². The molecule has 6 nitrogen and oxygen atoms in total. The van der Waals surface area contributed by atoms with Crippen molar-refractivity contribution in [3.63, 3.8) is 0 Å². The minimum absolute atomic E-state index is 0.0902. The number of carboxylic acid groups (broad SMARTS) is 1. The second-order valence-corrected chi connectivity index (χ2v) is 5.82. The van der Waals surface area contributed by atoms with E-state index in [0.29, 0.717) is 0 Å². The highest BCUT2D eigenvalue weighted by Crippen LogP contribution is 2.31. The zero-order valence-electron chi connectivity index (χ0n) is 15.0. The Balaban J connectivity index is 2.48. The molecule has 0 saturated carbocycles. The molecule has 28 heavy (non-hydrogen) atoms. The van der Waals surface area contributed by atoms with Crippen molar-refractivity contribution in [1.82, 2.24) is 5.32 Å². The van der Waals surface area contributed by atoms with E-state index in [-0.39, 0.29) is 23.3 Å². The van der Waals surface area contributed by atoms with Gasteiger partial charge in [-0.2, -0.15) is 0 Å². The van der Waals surface area contributed by atoms with Crippen LogP contribution in [0, 0.1) is 0 Å². The minimum Gasteiger partial charge on any atom is -0.478 e. The Bertz CT molecular complexity index is 841. The summed E-state index contributed by atoms with van der Waals surface area (Å²) in [6.07, 6.45) is -3.13. The summed E-state index contributed by atoms with van der Waals surface area (Å²) in [5, 5.41) is 11.6. The van der Waals surface area contributed by atoms with E-state index >= 15 is 0 Å². The molecule has 0 aromatic heterocycles. The van der Waals surface area contributed by atoms with Crippen LogP contribution in [0.4, 0.5) is 8.78 Å². The van der Waals surface area contributed by atoms with E-state index in [2.05, 4.69) is 5.32 Å². The van der Waals surface area contributed by atoms with Crippen LogP contribution in [0.3, 0.4) is 0 Å². The number of amides is 1. The maximum atomic E-state index is 14.0. The van der Waals surface area contributed by atoms with Gasteiger partial charge in [0.25, 0.3) is 5.91 Å². The number of rotatable bonds is 8. The second-order valence-electron chi connectivity index (χ2n) is 5.82. The molecular formula is C20H19F2NO5. The zero-order chi connectivity index (χ0) is 20.7. The highest BCUT2D eigenvalue weighted by molar-refractivity contribution is 5.97. The van der Waals surface area contributed by atoms with Gasteiger partial charge in [-0.25, -0.2) is 18.4 Å². The Morgan fingerprint density at radius 1 is 1.04 bits per heavy atom. The molecule has 2 aromatic carbocycles. The van der Waals surface area contributed by atoms with Gasteiger partial charge in [-0.05, 0) is 30.7 Å². The summed E-state index contributed by atoms with van der Waals surface area (Å²) in [5.41, 5.74) is -0.483. The molecule has 0 bridgehead atoms. The van der Waals surface area contributed by atoms with Crippen molar-refractivity contribution in [2.24, 2.45) is 0 Å². The molecule has 2 rings (SSSR count). The first-order chi connectivity index (χ1) is 13.4. The third kappa shape index (κ3) is 4.91. The maximum absolute atomic E-state index is 14.0. The SMILES string of the molecule is CCOC(=O)[C@@H](NC(=O)c1ccccc1)[C@H](c1ccccc1C(=O)O)C(F)F. The van der Waals surface area contributed by atoms with Gasteiger partial charge in [-0.3, -0.25) is 4.79 Å². The van der Waals surface area contributed by atoms with Crippen LogP contribution in [0.15, 0.2) is 54.6 Å². The highest BCUT2D eigenvalue weighted by atomic mass is 19.3. The van der Waals surface area contributed by atoms with Gasteiger partial charge in [0.1, 0.15) is 6.04 Å². The van der Waals surface area contributed by atoms with E-state index in [4.69, 9.17) is 4.74 Å². The summed E-state index contributed by atoms with van der Waals surface area (Å²) in [6.45, 7) is 1.41. The summed E-state index contributed by atoms with van der Waals surface area (Å²) < 4.78 is 32.8. The summed E-state index contributed by atoms with van der Waals surface area (Å²) in [4.78, 5) is 36.3. The summed E-state index contributed by atoms with van der Waals surface area (Å²) in [5.74, 6) is -5.15. The minimum atomic E-state index is -3.13. The Kier molecular flexibility index (Phi) is 7.20. The van der Waals surface area contributed by atoms with Gasteiger partial charge in [0, 0.05) is 5.56 Å². The third-order valence-corrected chi connectivity index (χ3v) is 4.04. The molecule has 0 aliphatic rings. The van der Waals surface area contributed by atoms with Crippen LogP contribution in [0.5, 0.6) is 0 Å². The number of halogens is 2. The normalized spacial score (nSPS) is 12.9. The number of benzene rings is 2. The lowest BCUT2D eigenvalue weighted by atomic mass is 9.88. The molecule has 0 aliphatic heterocycles. The fourth-order valence-corrected chi connectivity index (χ4v) is 2.78. The van der Waals surface area contributed by atoms with Gasteiger partial charge in [0.15, 0.2) is 0 Å². The number of carbonyl (C=O) groups excluding carboxylic acids is 2. The molecule has 148 valence electrons. The van der Waals surface area contributed by atoms with Crippen LogP contribution in [-0.4, -0.2) is 42.0 Å². The van der Waals surface area contributed by atoms with Crippen molar-refractivity contribution >= 4 is 17.8 Å². The monoisotopic (exact) mass is 391 g/mol. The fraction of sp³-hybridized carbons (Fsp3) is 0.250. The number of nitrogens with one attached hydrogen (secondary N) is 1. The predicted octanol–water partition coefficient (Wildman–Crippen LogP) is 3.10. The largest absolute Gasteiger partial charge is 0.478 e. The van der Waals surface area contributed by atoms with Crippen LogP contribution in [0.25, 0.3) is 0 Å². The first kappa shape index (κ1) is 21.0. The summed E-state index contributed by atoms with van der Waals surface area (Å²) in [7, 11) is 0. The lowest BCUT2D eigenvalue weighted by Crippen LogP contribution is -2.48. The van der Waals surface area contributed by atoms with Crippen LogP contribution in [-0.2, 0) is 9.53 Å². The van der Waals surface area contributed by atoms with Gasteiger partial charge in [-0.15, -0.1) is 0 Å². The first-order valence-electron chi connectivity index (χ1n) is 8.49. The van der Waals surface area contributed by atoms with Crippen LogP contribution in [0.1, 0.15) is 39.1 Å². The van der Waals surface area contributed by atoms with Gasteiger partial charge < -0.3 is 15.2 Å².